The first kappa shape index (κ1) is 15.9. The van der Waals surface area contributed by atoms with Gasteiger partial charge in [0.15, 0.2) is 5.78 Å². The zero-order chi connectivity index (χ0) is 14.5. The number of allylic oxidation sites excluding steroid dienone is 6. The van der Waals surface area contributed by atoms with Crippen LogP contribution in [-0.4, -0.2) is 5.78 Å². The van der Waals surface area contributed by atoms with Crippen LogP contribution in [0, 0.1) is 5.41 Å². The summed E-state index contributed by atoms with van der Waals surface area (Å²) in [5, 5.41) is 0. The van der Waals surface area contributed by atoms with E-state index in [0.717, 1.165) is 12.8 Å². The normalized spacial score (nSPS) is 20.2. The van der Waals surface area contributed by atoms with Crippen molar-refractivity contribution in [1.29, 1.82) is 0 Å². The van der Waals surface area contributed by atoms with Crippen molar-refractivity contribution in [3.05, 3.63) is 34.9 Å². The molecule has 0 atom stereocenters. The minimum Gasteiger partial charge on any atom is -0.295 e. The Morgan fingerprint density at radius 1 is 1.32 bits per heavy atom. The summed E-state index contributed by atoms with van der Waals surface area (Å²) < 4.78 is 0. The van der Waals surface area contributed by atoms with Gasteiger partial charge in [0.1, 0.15) is 0 Å². The number of ketones is 1. The van der Waals surface area contributed by atoms with Crippen LogP contribution in [0.4, 0.5) is 0 Å². The number of rotatable bonds is 5. The Balaban J connectivity index is 2.63. The van der Waals surface area contributed by atoms with Gasteiger partial charge in [0.25, 0.3) is 0 Å². The minimum atomic E-state index is 0.107. The molecule has 0 saturated heterocycles. The molecule has 0 saturated carbocycles. The molecule has 0 aromatic rings. The molecule has 0 aliphatic heterocycles. The van der Waals surface area contributed by atoms with Gasteiger partial charge in [-0.1, -0.05) is 42.7 Å². The van der Waals surface area contributed by atoms with E-state index in [-0.39, 0.29) is 5.78 Å². The van der Waals surface area contributed by atoms with Crippen molar-refractivity contribution >= 4 is 5.78 Å². The van der Waals surface area contributed by atoms with Crippen LogP contribution in [0.25, 0.3) is 0 Å². The number of hydrogen-bond donors (Lipinski definition) is 0. The topological polar surface area (TPSA) is 17.1 Å². The van der Waals surface area contributed by atoms with Crippen molar-refractivity contribution < 1.29 is 4.79 Å². The molecule has 0 aromatic heterocycles. The van der Waals surface area contributed by atoms with Crippen molar-refractivity contribution in [1.82, 2.24) is 0 Å². The molecule has 0 heterocycles. The largest absolute Gasteiger partial charge is 0.295 e. The van der Waals surface area contributed by atoms with Gasteiger partial charge in [-0.2, -0.15) is 0 Å². The first-order chi connectivity index (χ1) is 8.83. The maximum absolute atomic E-state index is 10.8. The van der Waals surface area contributed by atoms with Crippen molar-refractivity contribution in [2.75, 3.05) is 0 Å². The lowest BCUT2D eigenvalue weighted by atomic mass is 9.71. The molecule has 106 valence electrons. The molecule has 1 aliphatic carbocycles. The van der Waals surface area contributed by atoms with Gasteiger partial charge in [-0.3, -0.25) is 4.79 Å². The molecule has 0 fully saturated rings. The molecule has 0 bridgehead atoms. The second-order valence-corrected chi connectivity index (χ2v) is 6.48. The third kappa shape index (κ3) is 5.18. The first-order valence-corrected chi connectivity index (χ1v) is 7.36. The lowest BCUT2D eigenvalue weighted by Crippen LogP contribution is -2.20. The molecular weight excluding hydrogens is 232 g/mol. The van der Waals surface area contributed by atoms with Crippen LogP contribution >= 0.6 is 0 Å². The zero-order valence-electron chi connectivity index (χ0n) is 13.2. The van der Waals surface area contributed by atoms with Crippen LogP contribution in [-0.2, 0) is 4.79 Å². The van der Waals surface area contributed by atoms with E-state index < -0.39 is 0 Å². The summed E-state index contributed by atoms with van der Waals surface area (Å²) in [6.45, 7) is 10.8. The molecule has 0 spiro atoms. The van der Waals surface area contributed by atoms with E-state index >= 15 is 0 Å². The van der Waals surface area contributed by atoms with Gasteiger partial charge < -0.3 is 0 Å². The summed E-state index contributed by atoms with van der Waals surface area (Å²) in [7, 11) is 0. The quantitative estimate of drug-likeness (QED) is 0.368. The predicted molar refractivity (Wildman–Crippen MR) is 83.1 cm³/mol. The lowest BCUT2D eigenvalue weighted by molar-refractivity contribution is -0.112. The summed E-state index contributed by atoms with van der Waals surface area (Å²) in [5.74, 6) is 0.107. The van der Waals surface area contributed by atoms with E-state index in [1.165, 1.54) is 24.8 Å². The monoisotopic (exact) mass is 260 g/mol. The number of hydrogen-bond acceptors (Lipinski definition) is 1. The summed E-state index contributed by atoms with van der Waals surface area (Å²) in [6.07, 6.45) is 11.7. The molecule has 1 rings (SSSR count). The molecular formula is C18H28O. The predicted octanol–water partition coefficient (Wildman–Crippen LogP) is 5.38. The summed E-state index contributed by atoms with van der Waals surface area (Å²) in [5.41, 5.74) is 4.97. The Morgan fingerprint density at radius 3 is 2.58 bits per heavy atom. The van der Waals surface area contributed by atoms with Gasteiger partial charge in [0, 0.05) is 0 Å². The average Bonchev–Trinajstić information content (AvgIpc) is 2.26. The summed E-state index contributed by atoms with van der Waals surface area (Å²) in [6, 6.07) is 0. The third-order valence-electron chi connectivity index (χ3n) is 4.17. The van der Waals surface area contributed by atoms with Crippen molar-refractivity contribution in [2.45, 2.75) is 66.7 Å². The van der Waals surface area contributed by atoms with Crippen LogP contribution in [0.3, 0.4) is 0 Å². The van der Waals surface area contributed by atoms with Crippen LogP contribution in [0.2, 0.25) is 0 Å². The molecule has 0 unspecified atom stereocenters. The molecule has 1 aliphatic rings. The van der Waals surface area contributed by atoms with E-state index in [1.807, 2.05) is 6.08 Å². The fraction of sp³-hybridized carbons (Fsp3) is 0.611. The number of carbonyl (C=O) groups excluding carboxylic acids is 1. The maximum atomic E-state index is 10.8. The third-order valence-corrected chi connectivity index (χ3v) is 4.17. The van der Waals surface area contributed by atoms with Crippen molar-refractivity contribution in [3.8, 4) is 0 Å². The highest BCUT2D eigenvalue weighted by atomic mass is 16.1. The highest BCUT2D eigenvalue weighted by Crippen LogP contribution is 2.42. The lowest BCUT2D eigenvalue weighted by Gasteiger charge is -2.34. The van der Waals surface area contributed by atoms with Gasteiger partial charge in [-0.25, -0.2) is 0 Å². The van der Waals surface area contributed by atoms with E-state index in [9.17, 15) is 4.79 Å². The van der Waals surface area contributed by atoms with Crippen LogP contribution in [0.15, 0.2) is 34.9 Å². The van der Waals surface area contributed by atoms with E-state index in [0.29, 0.717) is 5.41 Å². The smallest absolute Gasteiger partial charge is 0.152 e. The van der Waals surface area contributed by atoms with E-state index in [4.69, 9.17) is 0 Å². The Bertz CT molecular complexity index is 419. The van der Waals surface area contributed by atoms with Gasteiger partial charge in [-0.15, -0.1) is 0 Å². The van der Waals surface area contributed by atoms with Gasteiger partial charge in [-0.05, 0) is 64.4 Å². The fourth-order valence-corrected chi connectivity index (χ4v) is 2.98. The second-order valence-electron chi connectivity index (χ2n) is 6.48. The molecule has 1 nitrogen and oxygen atoms in total. The SMILES string of the molecule is CC(=O)/C=C/C=C(\C)CCC1=C(C)CCCC1(C)C. The van der Waals surface area contributed by atoms with Crippen LogP contribution in [0.1, 0.15) is 66.7 Å². The van der Waals surface area contributed by atoms with Gasteiger partial charge in [0.05, 0.1) is 0 Å². The Morgan fingerprint density at radius 2 is 2.00 bits per heavy atom. The molecule has 0 N–H and O–H groups in total. The molecule has 0 radical (unpaired) electrons. The summed E-state index contributed by atoms with van der Waals surface area (Å²) >= 11 is 0. The van der Waals surface area contributed by atoms with Crippen molar-refractivity contribution in [3.63, 3.8) is 0 Å². The van der Waals surface area contributed by atoms with Crippen LogP contribution < -0.4 is 0 Å². The number of carbonyl (C=O) groups is 1. The molecule has 0 aromatic carbocycles. The maximum Gasteiger partial charge on any atom is 0.152 e. The highest BCUT2D eigenvalue weighted by molar-refractivity contribution is 5.87. The Hall–Kier alpha value is -1.11. The van der Waals surface area contributed by atoms with Gasteiger partial charge >= 0.3 is 0 Å². The molecule has 0 amide bonds. The average molecular weight is 260 g/mol. The molecule has 1 heteroatoms. The fourth-order valence-electron chi connectivity index (χ4n) is 2.98. The van der Waals surface area contributed by atoms with Crippen LogP contribution in [0.5, 0.6) is 0 Å². The minimum absolute atomic E-state index is 0.107. The van der Waals surface area contributed by atoms with Gasteiger partial charge in [0.2, 0.25) is 0 Å². The Kier molecular flexibility index (Phi) is 5.78. The highest BCUT2D eigenvalue weighted by Gasteiger charge is 2.27. The standard InChI is InChI=1S/C18H28O/c1-14(8-6-10-16(3)19)11-12-17-15(2)9-7-13-18(17,4)5/h6,8,10H,7,9,11-13H2,1-5H3/b10-6+,14-8+. The summed E-state index contributed by atoms with van der Waals surface area (Å²) in [4.78, 5) is 10.8. The van der Waals surface area contributed by atoms with E-state index in [1.54, 1.807) is 24.1 Å². The zero-order valence-corrected chi connectivity index (χ0v) is 13.2. The Labute approximate surface area is 118 Å². The molecule has 19 heavy (non-hydrogen) atoms. The second kappa shape index (κ2) is 6.88. The van der Waals surface area contributed by atoms with Crippen molar-refractivity contribution in [2.24, 2.45) is 5.41 Å². The van der Waals surface area contributed by atoms with E-state index in [2.05, 4.69) is 33.8 Å². The first-order valence-electron chi connectivity index (χ1n) is 7.36.